The second-order valence-electron chi connectivity index (χ2n) is 8.77. The molecule has 0 fully saturated rings. The molecule has 0 saturated heterocycles. The maximum absolute atomic E-state index is 13.6. The number of unbranched alkanes of at least 4 members (excludes halogenated alkanes) is 1. The maximum Gasteiger partial charge on any atom is 0.254 e. The van der Waals surface area contributed by atoms with Crippen LogP contribution in [0.3, 0.4) is 0 Å². The molecule has 0 spiro atoms. The molecular weight excluding hydrogens is 474 g/mol. The van der Waals surface area contributed by atoms with Crippen molar-refractivity contribution in [3.63, 3.8) is 0 Å². The second kappa shape index (κ2) is 11.3. The van der Waals surface area contributed by atoms with Gasteiger partial charge in [0.05, 0.1) is 11.6 Å². The number of halogens is 1. The minimum Gasteiger partial charge on any atom is -0.362 e. The number of hydrogen-bond donors (Lipinski definition) is 4. The first-order valence-corrected chi connectivity index (χ1v) is 12.4. The lowest BCUT2D eigenvalue weighted by Gasteiger charge is -2.30. The molecule has 7 nitrogen and oxygen atoms in total. The zero-order chi connectivity index (χ0) is 25.7. The van der Waals surface area contributed by atoms with Gasteiger partial charge in [0, 0.05) is 40.3 Å². The summed E-state index contributed by atoms with van der Waals surface area (Å²) in [4.78, 5) is 35.1. The summed E-state index contributed by atoms with van der Waals surface area (Å²) in [6.07, 6.45) is 2.68. The van der Waals surface area contributed by atoms with Gasteiger partial charge in [-0.25, -0.2) is 4.98 Å². The largest absolute Gasteiger partial charge is 0.362 e. The van der Waals surface area contributed by atoms with Gasteiger partial charge in [0.15, 0.2) is 5.15 Å². The van der Waals surface area contributed by atoms with Gasteiger partial charge < -0.3 is 20.9 Å². The molecule has 2 amide bonds. The first-order valence-electron chi connectivity index (χ1n) is 12.0. The fraction of sp³-hybridized carbons (Fsp3) is 0.250. The maximum atomic E-state index is 13.6. The molecule has 0 atom stereocenters. The minimum absolute atomic E-state index is 0.253. The Morgan fingerprint density at radius 2 is 1.39 bits per heavy atom. The molecular formula is C28H30ClN5O2. The van der Waals surface area contributed by atoms with Crippen LogP contribution >= 0.6 is 11.6 Å². The number of aromatic amines is 1. The van der Waals surface area contributed by atoms with Crippen molar-refractivity contribution in [3.05, 3.63) is 99.9 Å². The topological polar surface area (TPSA) is 98.9 Å². The number of anilines is 2. The number of allylic oxidation sites excluding steroid dienone is 2. The molecule has 4 rings (SSSR count). The number of aromatic nitrogens is 2. The van der Waals surface area contributed by atoms with E-state index in [1.54, 1.807) is 0 Å². The fourth-order valence-electron chi connectivity index (χ4n) is 4.39. The number of carbonyl (C=O) groups excluding carboxylic acids is 2. The Bertz CT molecular complexity index is 1240. The van der Waals surface area contributed by atoms with E-state index in [4.69, 9.17) is 11.6 Å². The summed E-state index contributed by atoms with van der Waals surface area (Å²) in [5.41, 5.74) is 3.92. The van der Waals surface area contributed by atoms with Gasteiger partial charge in [0.25, 0.3) is 11.8 Å². The molecule has 0 bridgehead atoms. The smallest absolute Gasteiger partial charge is 0.254 e. The third kappa shape index (κ3) is 5.52. The van der Waals surface area contributed by atoms with E-state index >= 15 is 0 Å². The van der Waals surface area contributed by atoms with Crippen LogP contribution in [0.2, 0.25) is 5.15 Å². The Kier molecular flexibility index (Phi) is 7.90. The van der Waals surface area contributed by atoms with Crippen LogP contribution < -0.4 is 16.0 Å². The van der Waals surface area contributed by atoms with Gasteiger partial charge in [0.1, 0.15) is 5.82 Å². The molecule has 0 unspecified atom stereocenters. The Hall–Kier alpha value is -3.84. The molecule has 0 radical (unpaired) electrons. The van der Waals surface area contributed by atoms with Gasteiger partial charge in [-0.1, -0.05) is 61.3 Å². The summed E-state index contributed by atoms with van der Waals surface area (Å²) in [7, 11) is 0. The summed E-state index contributed by atoms with van der Waals surface area (Å²) >= 11 is 6.64. The predicted molar refractivity (Wildman–Crippen MR) is 144 cm³/mol. The summed E-state index contributed by atoms with van der Waals surface area (Å²) in [6, 6.07) is 18.4. The van der Waals surface area contributed by atoms with Crippen molar-refractivity contribution in [3.8, 4) is 0 Å². The average Bonchev–Trinajstić information content (AvgIpc) is 3.23. The first kappa shape index (κ1) is 25.3. The van der Waals surface area contributed by atoms with Crippen molar-refractivity contribution >= 4 is 34.8 Å². The molecule has 186 valence electrons. The monoisotopic (exact) mass is 503 g/mol. The number of amides is 2. The highest BCUT2D eigenvalue weighted by Crippen LogP contribution is 2.41. The van der Waals surface area contributed by atoms with E-state index in [9.17, 15) is 9.59 Å². The highest BCUT2D eigenvalue weighted by atomic mass is 35.5. The molecule has 1 aliphatic heterocycles. The van der Waals surface area contributed by atoms with Gasteiger partial charge in [-0.05, 0) is 44.5 Å². The number of H-pyrrole nitrogens is 1. The lowest BCUT2D eigenvalue weighted by Crippen LogP contribution is -2.35. The zero-order valence-electron chi connectivity index (χ0n) is 20.6. The van der Waals surface area contributed by atoms with Crippen molar-refractivity contribution < 1.29 is 9.59 Å². The quantitative estimate of drug-likeness (QED) is 0.306. The molecule has 1 aliphatic rings. The molecule has 0 aliphatic carbocycles. The molecule has 4 N–H and O–H groups in total. The lowest BCUT2D eigenvalue weighted by atomic mass is 9.82. The Morgan fingerprint density at radius 1 is 0.889 bits per heavy atom. The highest BCUT2D eigenvalue weighted by molar-refractivity contribution is 6.30. The highest BCUT2D eigenvalue weighted by Gasteiger charge is 2.39. The molecule has 36 heavy (non-hydrogen) atoms. The summed E-state index contributed by atoms with van der Waals surface area (Å²) in [5, 5.41) is 9.40. The standard InChI is InChI=1S/C28H30ClN5O2/c1-4-5-16-21-33-25(26(29)34-21)24-22(27(35)31-19-12-8-6-9-13-19)17(2)30-18(3)23(24)28(36)32-20-14-10-7-11-15-20/h6-15,24,30H,4-5,16H2,1-3H3,(H,31,35)(H,32,36)(H,33,34). The number of dihydropyridines is 1. The number of rotatable bonds is 8. The van der Waals surface area contributed by atoms with E-state index in [2.05, 4.69) is 32.8 Å². The van der Waals surface area contributed by atoms with Crippen molar-refractivity contribution in [1.82, 2.24) is 15.3 Å². The number of benzene rings is 2. The number of nitrogens with zero attached hydrogens (tertiary/aromatic N) is 1. The van der Waals surface area contributed by atoms with Gasteiger partial charge in [-0.15, -0.1) is 0 Å². The van der Waals surface area contributed by atoms with Crippen LogP contribution in [-0.2, 0) is 16.0 Å². The van der Waals surface area contributed by atoms with E-state index in [0.29, 0.717) is 39.6 Å². The van der Waals surface area contributed by atoms with Crippen molar-refractivity contribution in [2.45, 2.75) is 46.0 Å². The van der Waals surface area contributed by atoms with Gasteiger partial charge in [0.2, 0.25) is 0 Å². The number of imidazole rings is 1. The van der Waals surface area contributed by atoms with Crippen LogP contribution in [0, 0.1) is 0 Å². The predicted octanol–water partition coefficient (Wildman–Crippen LogP) is 5.92. The molecule has 2 heterocycles. The normalized spacial score (nSPS) is 14.0. The molecule has 8 heteroatoms. The van der Waals surface area contributed by atoms with Crippen LogP contribution in [0.1, 0.15) is 51.0 Å². The van der Waals surface area contributed by atoms with Crippen LogP contribution in [0.15, 0.2) is 83.2 Å². The van der Waals surface area contributed by atoms with E-state index in [-0.39, 0.29) is 17.0 Å². The Morgan fingerprint density at radius 3 is 1.86 bits per heavy atom. The van der Waals surface area contributed by atoms with Crippen LogP contribution in [0.4, 0.5) is 11.4 Å². The van der Waals surface area contributed by atoms with Crippen molar-refractivity contribution in [2.75, 3.05) is 10.6 Å². The van der Waals surface area contributed by atoms with Gasteiger partial charge in [-0.3, -0.25) is 9.59 Å². The van der Waals surface area contributed by atoms with Crippen molar-refractivity contribution in [1.29, 1.82) is 0 Å². The SMILES string of the molecule is CCCCc1nc(Cl)c(C2C(C(=O)Nc3ccccc3)=C(C)NC(C)=C2C(=O)Nc2ccccc2)[nH]1. The zero-order valence-corrected chi connectivity index (χ0v) is 21.4. The first-order chi connectivity index (χ1) is 17.4. The molecule has 1 aromatic heterocycles. The number of nitrogens with one attached hydrogen (secondary N) is 4. The third-order valence-electron chi connectivity index (χ3n) is 6.10. The minimum atomic E-state index is -0.742. The lowest BCUT2D eigenvalue weighted by molar-refractivity contribution is -0.113. The third-order valence-corrected chi connectivity index (χ3v) is 6.39. The van der Waals surface area contributed by atoms with Crippen molar-refractivity contribution in [2.24, 2.45) is 0 Å². The van der Waals surface area contributed by atoms with E-state index in [1.165, 1.54) is 0 Å². The number of para-hydroxylation sites is 2. The van der Waals surface area contributed by atoms with Crippen LogP contribution in [-0.4, -0.2) is 21.8 Å². The Balaban J connectivity index is 1.78. The van der Waals surface area contributed by atoms with Gasteiger partial charge >= 0.3 is 0 Å². The molecule has 3 aromatic rings. The van der Waals surface area contributed by atoms with E-state index in [1.807, 2.05) is 74.5 Å². The van der Waals surface area contributed by atoms with E-state index in [0.717, 1.165) is 25.1 Å². The fourth-order valence-corrected chi connectivity index (χ4v) is 4.65. The van der Waals surface area contributed by atoms with Crippen LogP contribution in [0.25, 0.3) is 0 Å². The van der Waals surface area contributed by atoms with E-state index < -0.39 is 5.92 Å². The number of carbonyl (C=O) groups is 2. The van der Waals surface area contributed by atoms with Gasteiger partial charge in [-0.2, -0.15) is 0 Å². The summed E-state index contributed by atoms with van der Waals surface area (Å²) in [5.74, 6) is -0.658. The number of hydrogen-bond acceptors (Lipinski definition) is 4. The summed E-state index contributed by atoms with van der Waals surface area (Å²) in [6.45, 7) is 5.75. The Labute approximate surface area is 216 Å². The molecule has 2 aromatic carbocycles. The van der Waals surface area contributed by atoms with Crippen LogP contribution in [0.5, 0.6) is 0 Å². The summed E-state index contributed by atoms with van der Waals surface area (Å²) < 4.78 is 0. The second-order valence-corrected chi connectivity index (χ2v) is 9.13. The number of aryl methyl sites for hydroxylation is 1. The molecule has 0 saturated carbocycles. The average molecular weight is 504 g/mol.